The molecule has 24 heavy (non-hydrogen) atoms. The van der Waals surface area contributed by atoms with Crippen LogP contribution in [-0.4, -0.2) is 60.6 Å². The monoisotopic (exact) mass is 401 g/mol. The Hall–Kier alpha value is -0.610. The zero-order chi connectivity index (χ0) is 18.9. The largest absolute Gasteiger partial charge is 0.343 e. The molecule has 1 atom stereocenters. The van der Waals surface area contributed by atoms with Crippen LogP contribution in [0.4, 0.5) is 4.79 Å². The van der Waals surface area contributed by atoms with Crippen molar-refractivity contribution in [3.63, 3.8) is 0 Å². The van der Waals surface area contributed by atoms with Gasteiger partial charge in [0.25, 0.3) is 16.0 Å². The van der Waals surface area contributed by atoms with E-state index in [2.05, 4.69) is 0 Å². The summed E-state index contributed by atoms with van der Waals surface area (Å²) in [5.41, 5.74) is -2.82. The van der Waals surface area contributed by atoms with Gasteiger partial charge in [0.2, 0.25) is 0 Å². The van der Waals surface area contributed by atoms with Gasteiger partial charge >= 0.3 is 6.03 Å². The van der Waals surface area contributed by atoms with E-state index >= 15 is 0 Å². The Balaban J connectivity index is 2.55. The van der Waals surface area contributed by atoms with Crippen LogP contribution in [0.2, 0.25) is 0 Å². The van der Waals surface area contributed by atoms with Crippen LogP contribution in [0.5, 0.6) is 0 Å². The number of hydrogen-bond donors (Lipinski definition) is 1. The summed E-state index contributed by atoms with van der Waals surface area (Å²) in [6.07, 6.45) is 0.241. The number of imide groups is 1. The first-order valence-corrected chi connectivity index (χ1v) is 9.52. The Morgan fingerprint density at radius 1 is 1.08 bits per heavy atom. The second-order valence-corrected chi connectivity index (χ2v) is 10.0. The maximum Gasteiger partial charge on any atom is 0.343 e. The van der Waals surface area contributed by atoms with Crippen molar-refractivity contribution in [1.82, 2.24) is 13.7 Å². The molecule has 0 aromatic rings. The Labute approximate surface area is 151 Å². The molecule has 1 unspecified atom stereocenters. The standard InChI is InChI=1S/C13H21Cl2N3O5S/c1-8(24(21,22)23)16-9(19)13(17(14)10(16)20)6-11(2,3)18(15)12(4,5)7-13/h8H,6-7H2,1-5H3,(H,21,22,23). The molecule has 1 spiro atoms. The van der Waals surface area contributed by atoms with Gasteiger partial charge in [0, 0.05) is 35.7 Å². The van der Waals surface area contributed by atoms with Gasteiger partial charge in [-0.15, -0.1) is 0 Å². The van der Waals surface area contributed by atoms with E-state index in [0.29, 0.717) is 4.90 Å². The number of hydrogen-bond acceptors (Lipinski definition) is 5. The maximum atomic E-state index is 13.0. The van der Waals surface area contributed by atoms with Crippen molar-refractivity contribution in [2.45, 2.75) is 69.5 Å². The Morgan fingerprint density at radius 3 is 1.88 bits per heavy atom. The van der Waals surface area contributed by atoms with E-state index in [1.165, 1.54) is 0 Å². The van der Waals surface area contributed by atoms with Crippen molar-refractivity contribution < 1.29 is 22.6 Å². The van der Waals surface area contributed by atoms with E-state index in [-0.39, 0.29) is 12.8 Å². The number of rotatable bonds is 2. The molecule has 2 rings (SSSR count). The summed E-state index contributed by atoms with van der Waals surface area (Å²) >= 11 is 12.6. The summed E-state index contributed by atoms with van der Waals surface area (Å²) in [7, 11) is -4.64. The van der Waals surface area contributed by atoms with Gasteiger partial charge in [-0.2, -0.15) is 8.42 Å². The quantitative estimate of drug-likeness (QED) is 0.432. The first-order valence-electron chi connectivity index (χ1n) is 7.34. The van der Waals surface area contributed by atoms with Crippen LogP contribution in [-0.2, 0) is 14.9 Å². The SMILES string of the molecule is CC(N1C(=O)N(Cl)C2(CC(C)(C)N(Cl)C(C)(C)C2)C1=O)S(=O)(=O)O. The summed E-state index contributed by atoms with van der Waals surface area (Å²) in [4.78, 5) is 26.0. The number of nitrogens with zero attached hydrogens (tertiary/aromatic N) is 3. The second-order valence-electron chi connectivity index (χ2n) is 7.64. The Morgan fingerprint density at radius 2 is 1.50 bits per heavy atom. The van der Waals surface area contributed by atoms with Crippen LogP contribution in [0.15, 0.2) is 0 Å². The minimum Gasteiger partial charge on any atom is -0.284 e. The third-order valence-electron chi connectivity index (χ3n) is 4.67. The number of piperidine rings is 1. The fourth-order valence-corrected chi connectivity index (χ4v) is 4.71. The molecule has 0 radical (unpaired) electrons. The first-order chi connectivity index (χ1) is 10.6. The van der Waals surface area contributed by atoms with Crippen LogP contribution in [0.1, 0.15) is 47.5 Å². The summed E-state index contributed by atoms with van der Waals surface area (Å²) in [6, 6.07) is -0.971. The molecule has 2 aliphatic rings. The molecule has 11 heteroatoms. The minimum absolute atomic E-state index is 0.121. The summed E-state index contributed by atoms with van der Waals surface area (Å²) < 4.78 is 34.4. The van der Waals surface area contributed by atoms with Gasteiger partial charge in [0.1, 0.15) is 5.54 Å². The lowest BCUT2D eigenvalue weighted by Gasteiger charge is -2.55. The van der Waals surface area contributed by atoms with E-state index < -0.39 is 44.0 Å². The van der Waals surface area contributed by atoms with Crippen LogP contribution >= 0.6 is 23.6 Å². The molecule has 8 nitrogen and oxygen atoms in total. The highest BCUT2D eigenvalue weighted by atomic mass is 35.5. The van der Waals surface area contributed by atoms with Gasteiger partial charge in [-0.3, -0.25) is 9.35 Å². The number of amides is 3. The first kappa shape index (κ1) is 19.7. The van der Waals surface area contributed by atoms with E-state index in [0.717, 1.165) is 11.3 Å². The van der Waals surface area contributed by atoms with Gasteiger partial charge in [-0.05, 0) is 46.4 Å². The molecule has 0 aromatic carbocycles. The van der Waals surface area contributed by atoms with Crippen molar-refractivity contribution in [2.75, 3.05) is 0 Å². The topological polar surface area (TPSA) is 98.2 Å². The van der Waals surface area contributed by atoms with Crippen LogP contribution in [0.25, 0.3) is 0 Å². The summed E-state index contributed by atoms with van der Waals surface area (Å²) in [5, 5.41) is -1.72. The molecule has 1 N–H and O–H groups in total. The highest BCUT2D eigenvalue weighted by Crippen LogP contribution is 2.51. The highest BCUT2D eigenvalue weighted by molar-refractivity contribution is 7.86. The van der Waals surface area contributed by atoms with Crippen molar-refractivity contribution in [3.8, 4) is 0 Å². The zero-order valence-corrected chi connectivity index (χ0v) is 16.4. The average Bonchev–Trinajstić information content (AvgIpc) is 2.56. The summed E-state index contributed by atoms with van der Waals surface area (Å²) in [6.45, 7) is 8.28. The van der Waals surface area contributed by atoms with Gasteiger partial charge in [-0.1, -0.05) is 0 Å². The molecule has 2 fully saturated rings. The van der Waals surface area contributed by atoms with Crippen molar-refractivity contribution in [2.24, 2.45) is 0 Å². The van der Waals surface area contributed by atoms with Gasteiger partial charge in [0.15, 0.2) is 5.37 Å². The number of carbonyl (C=O) groups excluding carboxylic acids is 2. The third-order valence-corrected chi connectivity index (χ3v) is 7.13. The molecule has 3 amide bonds. The third kappa shape index (κ3) is 2.70. The minimum atomic E-state index is -4.64. The molecule has 2 aliphatic heterocycles. The lowest BCUT2D eigenvalue weighted by atomic mass is 9.70. The molecular formula is C13H21Cl2N3O5S. The molecule has 0 saturated carbocycles. The normalized spacial score (nSPS) is 27.8. The van der Waals surface area contributed by atoms with Gasteiger partial charge in [0.05, 0.1) is 0 Å². The predicted molar refractivity (Wildman–Crippen MR) is 88.8 cm³/mol. The molecule has 138 valence electrons. The molecular weight excluding hydrogens is 381 g/mol. The molecule has 2 heterocycles. The van der Waals surface area contributed by atoms with E-state index in [1.54, 1.807) is 32.1 Å². The molecule has 0 aromatic heterocycles. The molecule has 0 aliphatic carbocycles. The van der Waals surface area contributed by atoms with E-state index in [9.17, 15) is 22.6 Å². The number of halogens is 2. The smallest absolute Gasteiger partial charge is 0.284 e. The molecule has 2 saturated heterocycles. The average molecular weight is 402 g/mol. The fourth-order valence-electron chi connectivity index (χ4n) is 3.87. The highest BCUT2D eigenvalue weighted by Gasteiger charge is 2.66. The Bertz CT molecular complexity index is 676. The predicted octanol–water partition coefficient (Wildman–Crippen LogP) is 2.18. The second kappa shape index (κ2) is 5.44. The number of carbonyl (C=O) groups is 2. The van der Waals surface area contributed by atoms with Gasteiger partial charge < -0.3 is 0 Å². The van der Waals surface area contributed by atoms with E-state index in [1.807, 2.05) is 0 Å². The lowest BCUT2D eigenvalue weighted by Crippen LogP contribution is -2.66. The number of urea groups is 1. The van der Waals surface area contributed by atoms with E-state index in [4.69, 9.17) is 23.6 Å². The van der Waals surface area contributed by atoms with Crippen molar-refractivity contribution in [1.29, 1.82) is 0 Å². The van der Waals surface area contributed by atoms with Crippen LogP contribution in [0, 0.1) is 0 Å². The van der Waals surface area contributed by atoms with Crippen LogP contribution < -0.4 is 0 Å². The van der Waals surface area contributed by atoms with Crippen molar-refractivity contribution in [3.05, 3.63) is 0 Å². The maximum absolute atomic E-state index is 13.0. The molecule has 0 bridgehead atoms. The fraction of sp³-hybridized carbons (Fsp3) is 0.846. The summed E-state index contributed by atoms with van der Waals surface area (Å²) in [5.74, 6) is -0.751. The lowest BCUT2D eigenvalue weighted by molar-refractivity contribution is -0.139. The zero-order valence-electron chi connectivity index (χ0n) is 14.1. The van der Waals surface area contributed by atoms with Gasteiger partial charge in [-0.25, -0.2) is 18.5 Å². The Kier molecular flexibility index (Phi) is 4.47. The van der Waals surface area contributed by atoms with Crippen molar-refractivity contribution >= 4 is 45.6 Å². The van der Waals surface area contributed by atoms with Crippen LogP contribution in [0.3, 0.4) is 0 Å².